The molecule has 0 saturated heterocycles. The fraction of sp³-hybridized carbons (Fsp3) is 0.538. The summed E-state index contributed by atoms with van der Waals surface area (Å²) in [6.07, 6.45) is 2.01. The predicted molar refractivity (Wildman–Crippen MR) is 82.1 cm³/mol. The molecule has 0 aliphatic heterocycles. The van der Waals surface area contributed by atoms with Crippen LogP contribution in [0.3, 0.4) is 0 Å². The molecule has 0 radical (unpaired) electrons. The van der Waals surface area contributed by atoms with Crippen molar-refractivity contribution in [2.24, 2.45) is 0 Å². The number of halogens is 1. The van der Waals surface area contributed by atoms with Gasteiger partial charge in [-0.3, -0.25) is 0 Å². The number of rotatable bonds is 5. The second kappa shape index (κ2) is 6.37. The Balaban J connectivity index is 3.18. The van der Waals surface area contributed by atoms with Gasteiger partial charge in [-0.1, -0.05) is 20.8 Å². The molecule has 0 atom stereocenters. The summed E-state index contributed by atoms with van der Waals surface area (Å²) in [5.41, 5.74) is 0.627. The van der Waals surface area contributed by atoms with Crippen molar-refractivity contribution >= 4 is 31.5 Å². The molecule has 0 amide bonds. The average Bonchev–Trinajstić information content (AvgIpc) is 2.27. The fourth-order valence-electron chi connectivity index (χ4n) is 1.61. The lowest BCUT2D eigenvalue weighted by Crippen LogP contribution is -2.15. The van der Waals surface area contributed by atoms with E-state index in [4.69, 9.17) is 15.4 Å². The lowest BCUT2D eigenvalue weighted by atomic mass is 9.86. The van der Waals surface area contributed by atoms with Gasteiger partial charge >= 0.3 is 0 Å². The summed E-state index contributed by atoms with van der Waals surface area (Å²) < 4.78 is 28.5. The van der Waals surface area contributed by atoms with Gasteiger partial charge in [-0.05, 0) is 29.9 Å². The second-order valence-electron chi connectivity index (χ2n) is 5.19. The zero-order valence-corrected chi connectivity index (χ0v) is 14.0. The maximum absolute atomic E-state index is 11.4. The molecular weight excluding hydrogens is 304 g/mol. The molecule has 19 heavy (non-hydrogen) atoms. The average molecular weight is 323 g/mol. The molecule has 0 aliphatic carbocycles. The number of thioether (sulfide) groups is 1. The largest absolute Gasteiger partial charge is 0.492 e. The third kappa shape index (κ3) is 4.89. The minimum absolute atomic E-state index is 0.108. The summed E-state index contributed by atoms with van der Waals surface area (Å²) in [7, 11) is 1.67. The van der Waals surface area contributed by atoms with Crippen molar-refractivity contribution < 1.29 is 13.2 Å². The van der Waals surface area contributed by atoms with Crippen molar-refractivity contribution in [1.82, 2.24) is 0 Å². The van der Waals surface area contributed by atoms with Crippen LogP contribution in [0.4, 0.5) is 0 Å². The first-order chi connectivity index (χ1) is 8.66. The monoisotopic (exact) mass is 322 g/mol. The lowest BCUT2D eigenvalue weighted by molar-refractivity contribution is 0.333. The maximum atomic E-state index is 11.4. The predicted octanol–water partition coefficient (Wildman–Crippen LogP) is 3.65. The van der Waals surface area contributed by atoms with E-state index in [2.05, 4.69) is 0 Å². The Morgan fingerprint density at radius 3 is 2.42 bits per heavy atom. The number of hydrogen-bond donors (Lipinski definition) is 0. The molecule has 0 aliphatic rings. The number of ether oxygens (including phenoxy) is 1. The molecule has 108 valence electrons. The summed E-state index contributed by atoms with van der Waals surface area (Å²) in [4.78, 5) is 0.108. The SMILES string of the molecule is CSCCOc1ccc(S(=O)(=O)Cl)cc1C(C)(C)C. The highest BCUT2D eigenvalue weighted by molar-refractivity contribution is 8.13. The molecule has 1 aromatic carbocycles. The molecular formula is C13H19ClO3S2. The van der Waals surface area contributed by atoms with E-state index in [1.165, 1.54) is 6.07 Å². The molecule has 0 aromatic heterocycles. The van der Waals surface area contributed by atoms with E-state index in [0.717, 1.165) is 11.3 Å². The third-order valence-electron chi connectivity index (χ3n) is 2.59. The van der Waals surface area contributed by atoms with Crippen LogP contribution in [0.5, 0.6) is 5.75 Å². The van der Waals surface area contributed by atoms with Gasteiger partial charge in [0.15, 0.2) is 0 Å². The van der Waals surface area contributed by atoms with Crippen LogP contribution in [0.1, 0.15) is 26.3 Å². The first-order valence-electron chi connectivity index (χ1n) is 5.87. The summed E-state index contributed by atoms with van der Waals surface area (Å²) in [5, 5.41) is 0. The molecule has 6 heteroatoms. The molecule has 0 heterocycles. The molecule has 0 fully saturated rings. The third-order valence-corrected chi connectivity index (χ3v) is 4.51. The van der Waals surface area contributed by atoms with Gasteiger partial charge in [-0.25, -0.2) is 8.42 Å². The summed E-state index contributed by atoms with van der Waals surface area (Å²) in [6.45, 7) is 6.62. The van der Waals surface area contributed by atoms with Gasteiger partial charge in [0, 0.05) is 22.0 Å². The molecule has 0 N–H and O–H groups in total. The van der Waals surface area contributed by atoms with Gasteiger partial charge in [-0.15, -0.1) is 0 Å². The van der Waals surface area contributed by atoms with E-state index in [9.17, 15) is 8.42 Å². The van der Waals surface area contributed by atoms with Crippen molar-refractivity contribution in [3.05, 3.63) is 23.8 Å². The van der Waals surface area contributed by atoms with Gasteiger partial charge in [0.25, 0.3) is 9.05 Å². The van der Waals surface area contributed by atoms with Gasteiger partial charge in [-0.2, -0.15) is 11.8 Å². The highest BCUT2D eigenvalue weighted by Crippen LogP contribution is 2.34. The Bertz CT molecular complexity index is 533. The van der Waals surface area contributed by atoms with Gasteiger partial charge in [0.1, 0.15) is 5.75 Å². The standard InChI is InChI=1S/C13H19ClO3S2/c1-13(2,3)11-9-10(19(14,15)16)5-6-12(11)17-7-8-18-4/h5-6,9H,7-8H2,1-4H3. The van der Waals surface area contributed by atoms with E-state index in [0.29, 0.717) is 12.4 Å². The molecule has 3 nitrogen and oxygen atoms in total. The second-order valence-corrected chi connectivity index (χ2v) is 8.74. The lowest BCUT2D eigenvalue weighted by Gasteiger charge is -2.23. The van der Waals surface area contributed by atoms with Gasteiger partial charge in [0.05, 0.1) is 11.5 Å². The first-order valence-corrected chi connectivity index (χ1v) is 9.57. The number of hydrogen-bond acceptors (Lipinski definition) is 4. The molecule has 1 aromatic rings. The fourth-order valence-corrected chi connectivity index (χ4v) is 2.63. The van der Waals surface area contributed by atoms with Crippen LogP contribution in [0, 0.1) is 0 Å². The van der Waals surface area contributed by atoms with Crippen molar-refractivity contribution in [2.75, 3.05) is 18.6 Å². The van der Waals surface area contributed by atoms with Crippen LogP contribution < -0.4 is 4.74 Å². The Hall–Kier alpha value is -0.390. The van der Waals surface area contributed by atoms with Crippen LogP contribution >= 0.6 is 22.4 Å². The van der Waals surface area contributed by atoms with Crippen molar-refractivity contribution in [3.63, 3.8) is 0 Å². The smallest absolute Gasteiger partial charge is 0.261 e. The van der Waals surface area contributed by atoms with E-state index >= 15 is 0 Å². The van der Waals surface area contributed by atoms with Gasteiger partial charge in [0.2, 0.25) is 0 Å². The Labute approximate surface area is 124 Å². The number of benzene rings is 1. The van der Waals surface area contributed by atoms with Gasteiger partial charge < -0.3 is 4.74 Å². The topological polar surface area (TPSA) is 43.4 Å². The van der Waals surface area contributed by atoms with E-state index in [1.54, 1.807) is 23.9 Å². The Morgan fingerprint density at radius 1 is 1.32 bits per heavy atom. The summed E-state index contributed by atoms with van der Waals surface area (Å²) in [6, 6.07) is 4.75. The highest BCUT2D eigenvalue weighted by Gasteiger charge is 2.22. The minimum atomic E-state index is -3.71. The minimum Gasteiger partial charge on any atom is -0.492 e. The Morgan fingerprint density at radius 2 is 1.95 bits per heavy atom. The summed E-state index contributed by atoms with van der Waals surface area (Å²) >= 11 is 1.70. The van der Waals surface area contributed by atoms with Crippen LogP contribution in [0.15, 0.2) is 23.1 Å². The normalized spacial score (nSPS) is 12.5. The van der Waals surface area contributed by atoms with Crippen molar-refractivity contribution in [3.8, 4) is 5.75 Å². The molecule has 0 unspecified atom stereocenters. The molecule has 1 rings (SSSR count). The maximum Gasteiger partial charge on any atom is 0.261 e. The highest BCUT2D eigenvalue weighted by atomic mass is 35.7. The Kier molecular flexibility index (Phi) is 5.59. The first kappa shape index (κ1) is 16.7. The zero-order chi connectivity index (χ0) is 14.7. The molecule has 0 saturated carbocycles. The van der Waals surface area contributed by atoms with Crippen LogP contribution in [0.2, 0.25) is 0 Å². The summed E-state index contributed by atoms with van der Waals surface area (Å²) in [5.74, 6) is 1.60. The molecule has 0 bridgehead atoms. The van der Waals surface area contributed by atoms with Crippen LogP contribution in [-0.2, 0) is 14.5 Å². The van der Waals surface area contributed by atoms with Crippen LogP contribution in [-0.4, -0.2) is 27.0 Å². The van der Waals surface area contributed by atoms with Crippen molar-refractivity contribution in [1.29, 1.82) is 0 Å². The molecule has 0 spiro atoms. The van der Waals surface area contributed by atoms with E-state index in [1.807, 2.05) is 27.0 Å². The van der Waals surface area contributed by atoms with E-state index in [-0.39, 0.29) is 10.3 Å². The van der Waals surface area contributed by atoms with E-state index < -0.39 is 9.05 Å². The quantitative estimate of drug-likeness (QED) is 0.613. The van der Waals surface area contributed by atoms with Crippen molar-refractivity contribution in [2.45, 2.75) is 31.1 Å². The van der Waals surface area contributed by atoms with Crippen LogP contribution in [0.25, 0.3) is 0 Å². The zero-order valence-electron chi connectivity index (χ0n) is 11.6.